The molecular weight excluding hydrogens is 378 g/mol. The predicted molar refractivity (Wildman–Crippen MR) is 109 cm³/mol. The Hall–Kier alpha value is -2.64. The maximum absolute atomic E-state index is 13.4. The van der Waals surface area contributed by atoms with Gasteiger partial charge in [-0.1, -0.05) is 31.2 Å². The van der Waals surface area contributed by atoms with Crippen molar-refractivity contribution in [3.63, 3.8) is 0 Å². The summed E-state index contributed by atoms with van der Waals surface area (Å²) in [5.74, 6) is 0. The number of pyridine rings is 1. The van der Waals surface area contributed by atoms with Gasteiger partial charge in [0.15, 0.2) is 0 Å². The largest absolute Gasteiger partial charge is 0.302 e. The van der Waals surface area contributed by atoms with Crippen molar-refractivity contribution in [2.75, 3.05) is 4.31 Å². The van der Waals surface area contributed by atoms with Crippen molar-refractivity contribution in [3.05, 3.63) is 83.6 Å². The van der Waals surface area contributed by atoms with Gasteiger partial charge in [-0.3, -0.25) is 4.31 Å². The summed E-state index contributed by atoms with van der Waals surface area (Å²) in [6, 6.07) is 18.5. The normalized spacial score (nSPS) is 11.7. The number of benzene rings is 1. The number of para-hydroxylation sites is 1. The van der Waals surface area contributed by atoms with E-state index in [1.165, 1.54) is 15.6 Å². The van der Waals surface area contributed by atoms with Crippen LogP contribution in [0.3, 0.4) is 0 Å². The Labute approximate surface area is 162 Å². The molecule has 0 atom stereocenters. The quantitative estimate of drug-likeness (QED) is 0.486. The van der Waals surface area contributed by atoms with Crippen LogP contribution in [0.1, 0.15) is 17.5 Å². The molecular formula is C20H19N3O2S2. The number of hydrogen-bond donors (Lipinski definition) is 0. The van der Waals surface area contributed by atoms with Crippen molar-refractivity contribution in [2.45, 2.75) is 24.1 Å². The van der Waals surface area contributed by atoms with E-state index >= 15 is 0 Å². The fourth-order valence-corrected chi connectivity index (χ4v) is 5.80. The molecule has 27 heavy (non-hydrogen) atoms. The van der Waals surface area contributed by atoms with Gasteiger partial charge in [0.05, 0.1) is 24.1 Å². The summed E-state index contributed by atoms with van der Waals surface area (Å²) in [5, 5.41) is 0. The Morgan fingerprint density at radius 2 is 1.81 bits per heavy atom. The van der Waals surface area contributed by atoms with Gasteiger partial charge >= 0.3 is 0 Å². The molecule has 0 aliphatic rings. The minimum atomic E-state index is -3.68. The molecule has 4 rings (SSSR count). The highest BCUT2D eigenvalue weighted by atomic mass is 32.2. The van der Waals surface area contributed by atoms with Crippen LogP contribution < -0.4 is 4.31 Å². The second kappa shape index (κ2) is 7.17. The molecule has 7 heteroatoms. The topological polar surface area (TPSA) is 54.7 Å². The molecule has 0 amide bonds. The van der Waals surface area contributed by atoms with Crippen LogP contribution in [0.25, 0.3) is 5.65 Å². The lowest BCUT2D eigenvalue weighted by Crippen LogP contribution is -2.30. The molecule has 4 aromatic rings. The monoisotopic (exact) mass is 397 g/mol. The molecule has 0 N–H and O–H groups in total. The van der Waals surface area contributed by atoms with E-state index in [4.69, 9.17) is 0 Å². The minimum Gasteiger partial charge on any atom is -0.302 e. The van der Waals surface area contributed by atoms with Crippen molar-refractivity contribution in [1.82, 2.24) is 9.38 Å². The van der Waals surface area contributed by atoms with Crippen LogP contribution in [0, 0.1) is 0 Å². The average molecular weight is 398 g/mol. The van der Waals surface area contributed by atoms with Crippen LogP contribution in [0.2, 0.25) is 0 Å². The minimum absolute atomic E-state index is 0.205. The fourth-order valence-electron chi connectivity index (χ4n) is 2.95. The summed E-state index contributed by atoms with van der Waals surface area (Å²) in [6.45, 7) is 2.23. The molecule has 138 valence electrons. The number of aryl methyl sites for hydroxylation is 1. The molecule has 0 spiro atoms. The van der Waals surface area contributed by atoms with Gasteiger partial charge in [-0.25, -0.2) is 13.4 Å². The predicted octanol–water partition coefficient (Wildman–Crippen LogP) is 4.35. The van der Waals surface area contributed by atoms with Crippen LogP contribution in [-0.2, 0) is 23.0 Å². The first-order chi connectivity index (χ1) is 13.1. The van der Waals surface area contributed by atoms with E-state index in [1.54, 1.807) is 12.3 Å². The van der Waals surface area contributed by atoms with E-state index in [2.05, 4.69) is 4.98 Å². The van der Waals surface area contributed by atoms with Crippen molar-refractivity contribution in [3.8, 4) is 0 Å². The summed E-state index contributed by atoms with van der Waals surface area (Å²) >= 11 is 1.33. The van der Waals surface area contributed by atoms with Gasteiger partial charge < -0.3 is 4.40 Å². The second-order valence-corrected chi connectivity index (χ2v) is 9.36. The Bertz CT molecular complexity index is 1160. The number of imidazole rings is 1. The van der Waals surface area contributed by atoms with E-state index in [9.17, 15) is 8.42 Å². The van der Waals surface area contributed by atoms with E-state index < -0.39 is 10.0 Å². The van der Waals surface area contributed by atoms with Crippen LogP contribution in [0.15, 0.2) is 77.3 Å². The number of nitrogens with zero attached hydrogens (tertiary/aromatic N) is 3. The number of rotatable bonds is 6. The number of sulfonamides is 1. The van der Waals surface area contributed by atoms with E-state index in [0.29, 0.717) is 9.90 Å². The third-order valence-corrected chi connectivity index (χ3v) is 7.84. The Kier molecular flexibility index (Phi) is 4.72. The van der Waals surface area contributed by atoms with Crippen LogP contribution in [0.5, 0.6) is 0 Å². The molecule has 0 saturated heterocycles. The van der Waals surface area contributed by atoms with Crippen molar-refractivity contribution >= 4 is 32.7 Å². The van der Waals surface area contributed by atoms with Gasteiger partial charge in [-0.05, 0) is 42.8 Å². The van der Waals surface area contributed by atoms with Gasteiger partial charge in [0, 0.05) is 11.1 Å². The summed E-state index contributed by atoms with van der Waals surface area (Å²) in [7, 11) is -3.68. The van der Waals surface area contributed by atoms with Gasteiger partial charge in [0.1, 0.15) is 9.86 Å². The Morgan fingerprint density at radius 3 is 2.56 bits per heavy atom. The molecule has 0 aliphatic heterocycles. The highest BCUT2D eigenvalue weighted by Crippen LogP contribution is 2.30. The Balaban J connectivity index is 1.80. The molecule has 3 heterocycles. The summed E-state index contributed by atoms with van der Waals surface area (Å²) in [6.07, 6.45) is 4.44. The summed E-state index contributed by atoms with van der Waals surface area (Å²) in [5.41, 5.74) is 2.24. The van der Waals surface area contributed by atoms with Gasteiger partial charge in [-0.2, -0.15) is 0 Å². The number of anilines is 1. The smallest absolute Gasteiger partial charge is 0.274 e. The standard InChI is InChI=1S/C20H19N3O2S2/c1-2-18-11-12-20(26-18)27(24,25)23(16-8-4-3-5-9-16)15-17-14-21-19-10-6-7-13-22(17)19/h3-14H,2,15H2,1H3. The van der Waals surface area contributed by atoms with Crippen molar-refractivity contribution in [2.24, 2.45) is 0 Å². The zero-order valence-electron chi connectivity index (χ0n) is 14.8. The average Bonchev–Trinajstić information content (AvgIpc) is 3.34. The summed E-state index contributed by atoms with van der Waals surface area (Å²) < 4.78 is 30.6. The molecule has 5 nitrogen and oxygen atoms in total. The maximum Gasteiger partial charge on any atom is 0.274 e. The number of thiophene rings is 1. The number of fused-ring (bicyclic) bond motifs is 1. The highest BCUT2D eigenvalue weighted by molar-refractivity contribution is 7.94. The number of aromatic nitrogens is 2. The molecule has 0 saturated carbocycles. The second-order valence-electron chi connectivity index (χ2n) is 6.10. The molecule has 0 unspecified atom stereocenters. The molecule has 0 bridgehead atoms. The molecule has 0 fully saturated rings. The molecule has 1 aromatic carbocycles. The van der Waals surface area contributed by atoms with Gasteiger partial charge in [-0.15, -0.1) is 11.3 Å². The first kappa shape index (κ1) is 17.8. The lowest BCUT2D eigenvalue weighted by atomic mass is 10.3. The first-order valence-electron chi connectivity index (χ1n) is 8.67. The molecule has 3 aromatic heterocycles. The van der Waals surface area contributed by atoms with Crippen LogP contribution >= 0.6 is 11.3 Å². The van der Waals surface area contributed by atoms with Crippen LogP contribution in [-0.4, -0.2) is 17.8 Å². The van der Waals surface area contributed by atoms with E-state index in [0.717, 1.165) is 22.6 Å². The summed E-state index contributed by atoms with van der Waals surface area (Å²) in [4.78, 5) is 5.43. The lowest BCUT2D eigenvalue weighted by molar-refractivity contribution is 0.592. The lowest BCUT2D eigenvalue weighted by Gasteiger charge is -2.23. The Morgan fingerprint density at radius 1 is 1.04 bits per heavy atom. The third kappa shape index (κ3) is 3.36. The molecule has 0 radical (unpaired) electrons. The van der Waals surface area contributed by atoms with Gasteiger partial charge in [0.2, 0.25) is 0 Å². The SMILES string of the molecule is CCc1ccc(S(=O)(=O)N(Cc2cnc3ccccn23)c2ccccc2)s1. The van der Waals surface area contributed by atoms with Crippen LogP contribution in [0.4, 0.5) is 5.69 Å². The van der Waals surface area contributed by atoms with Gasteiger partial charge in [0.25, 0.3) is 10.0 Å². The zero-order valence-corrected chi connectivity index (χ0v) is 16.5. The fraction of sp³-hybridized carbons (Fsp3) is 0.150. The highest BCUT2D eigenvalue weighted by Gasteiger charge is 2.27. The van der Waals surface area contributed by atoms with Crippen molar-refractivity contribution < 1.29 is 8.42 Å². The number of hydrogen-bond acceptors (Lipinski definition) is 4. The first-order valence-corrected chi connectivity index (χ1v) is 10.9. The van der Waals surface area contributed by atoms with E-state index in [1.807, 2.05) is 72.1 Å². The molecule has 0 aliphatic carbocycles. The van der Waals surface area contributed by atoms with Crippen molar-refractivity contribution in [1.29, 1.82) is 0 Å². The third-order valence-electron chi connectivity index (χ3n) is 4.37. The zero-order chi connectivity index (χ0) is 18.9. The maximum atomic E-state index is 13.4. The van der Waals surface area contributed by atoms with E-state index in [-0.39, 0.29) is 6.54 Å².